The molecule has 7 nitrogen and oxygen atoms in total. The lowest BCUT2D eigenvalue weighted by Gasteiger charge is -2.31. The van der Waals surface area contributed by atoms with E-state index in [1.165, 1.54) is 6.92 Å². The van der Waals surface area contributed by atoms with Crippen LogP contribution in [0, 0.1) is 0 Å². The van der Waals surface area contributed by atoms with Gasteiger partial charge in [-0.25, -0.2) is 9.59 Å². The summed E-state index contributed by atoms with van der Waals surface area (Å²) in [6, 6.07) is 9.66. The summed E-state index contributed by atoms with van der Waals surface area (Å²) in [5.74, 6) is -2.12. The van der Waals surface area contributed by atoms with Crippen LogP contribution in [0.1, 0.15) is 26.3 Å². The van der Waals surface area contributed by atoms with Gasteiger partial charge < -0.3 is 19.7 Å². The van der Waals surface area contributed by atoms with Gasteiger partial charge in [0, 0.05) is 12.5 Å². The van der Waals surface area contributed by atoms with E-state index in [-0.39, 0.29) is 19.8 Å². The number of carbonyl (C=O) groups excluding carboxylic acids is 3. The van der Waals surface area contributed by atoms with Crippen LogP contribution in [0.5, 0.6) is 0 Å². The summed E-state index contributed by atoms with van der Waals surface area (Å²) in [7, 11) is 1.84. The largest absolute Gasteiger partial charge is 0.464 e. The van der Waals surface area contributed by atoms with E-state index in [1.54, 1.807) is 13.8 Å². The summed E-state index contributed by atoms with van der Waals surface area (Å²) in [4.78, 5) is 37.6. The van der Waals surface area contributed by atoms with E-state index in [1.807, 2.05) is 37.4 Å². The average molecular weight is 351 g/mol. The summed E-state index contributed by atoms with van der Waals surface area (Å²) in [6.45, 7) is 5.30. The van der Waals surface area contributed by atoms with Crippen LogP contribution < -0.4 is 10.2 Å². The standard InChI is InChI=1S/C18H26N2O5/c1-5-24-16(22)18(19-14(3)21,17(23)25-6-2)13-20(4)12-15-10-8-7-9-11-15/h7-11H,5-6,12-13H2,1-4H3,(H,19,21)/p+1. The molecule has 0 fully saturated rings. The first-order chi connectivity index (χ1) is 11.9. The molecule has 1 amide bonds. The molecule has 0 saturated heterocycles. The van der Waals surface area contributed by atoms with Crippen LogP contribution in [-0.2, 0) is 30.4 Å². The van der Waals surface area contributed by atoms with E-state index in [0.29, 0.717) is 6.54 Å². The van der Waals surface area contributed by atoms with Crippen LogP contribution in [-0.4, -0.2) is 50.2 Å². The Balaban J connectivity index is 3.10. The predicted molar refractivity (Wildman–Crippen MR) is 91.7 cm³/mol. The summed E-state index contributed by atoms with van der Waals surface area (Å²) >= 11 is 0. The van der Waals surface area contributed by atoms with Gasteiger partial charge >= 0.3 is 11.9 Å². The number of hydrogen-bond donors (Lipinski definition) is 2. The van der Waals surface area contributed by atoms with E-state index in [4.69, 9.17) is 9.47 Å². The van der Waals surface area contributed by atoms with Gasteiger partial charge in [0.1, 0.15) is 13.1 Å². The summed E-state index contributed by atoms with van der Waals surface area (Å²) in [5, 5.41) is 2.47. The first kappa shape index (κ1) is 20.6. The zero-order chi connectivity index (χ0) is 18.9. The van der Waals surface area contributed by atoms with Crippen molar-refractivity contribution in [3.8, 4) is 0 Å². The Labute approximate surface area is 148 Å². The molecule has 25 heavy (non-hydrogen) atoms. The fourth-order valence-electron chi connectivity index (χ4n) is 2.64. The Bertz CT molecular complexity index is 570. The highest BCUT2D eigenvalue weighted by Crippen LogP contribution is 2.10. The summed E-state index contributed by atoms with van der Waals surface area (Å²) < 4.78 is 10.1. The normalized spacial score (nSPS) is 12.2. The molecule has 0 radical (unpaired) electrons. The second kappa shape index (κ2) is 9.78. The van der Waals surface area contributed by atoms with Crippen molar-refractivity contribution in [3.05, 3.63) is 35.9 Å². The number of carbonyl (C=O) groups is 3. The quantitative estimate of drug-likeness (QED) is 0.471. The Kier molecular flexibility index (Phi) is 8.07. The molecule has 2 N–H and O–H groups in total. The SMILES string of the molecule is CCOC(=O)C(C[NH+](C)Cc1ccccc1)(NC(C)=O)C(=O)OCC. The first-order valence-corrected chi connectivity index (χ1v) is 8.34. The fourth-order valence-corrected chi connectivity index (χ4v) is 2.64. The Hall–Kier alpha value is -2.41. The van der Waals surface area contributed by atoms with Gasteiger partial charge in [-0.1, -0.05) is 30.3 Å². The molecular weight excluding hydrogens is 324 g/mol. The second-order valence-electron chi connectivity index (χ2n) is 5.82. The molecule has 0 spiro atoms. The zero-order valence-electron chi connectivity index (χ0n) is 15.3. The summed E-state index contributed by atoms with van der Waals surface area (Å²) in [6.07, 6.45) is 0. The van der Waals surface area contributed by atoms with E-state index in [9.17, 15) is 14.4 Å². The maximum atomic E-state index is 12.6. The first-order valence-electron chi connectivity index (χ1n) is 8.34. The number of likely N-dealkylation sites (N-methyl/N-ethyl adjacent to an activating group) is 1. The van der Waals surface area contributed by atoms with Crippen molar-refractivity contribution in [2.24, 2.45) is 0 Å². The Morgan fingerprint density at radius 1 is 1.04 bits per heavy atom. The minimum absolute atomic E-state index is 0.0130. The van der Waals surface area contributed by atoms with Gasteiger partial charge in [0.2, 0.25) is 5.91 Å². The molecule has 7 heteroatoms. The molecule has 0 aliphatic rings. The van der Waals surface area contributed by atoms with Crippen LogP contribution >= 0.6 is 0 Å². The number of quaternary nitrogens is 1. The number of nitrogens with one attached hydrogen (secondary N) is 2. The van der Waals surface area contributed by atoms with E-state index in [2.05, 4.69) is 5.32 Å². The maximum absolute atomic E-state index is 12.6. The van der Waals surface area contributed by atoms with Crippen molar-refractivity contribution in [2.75, 3.05) is 26.8 Å². The van der Waals surface area contributed by atoms with Crippen molar-refractivity contribution >= 4 is 17.8 Å². The minimum atomic E-state index is -1.86. The van der Waals surface area contributed by atoms with Crippen LogP contribution in [0.4, 0.5) is 0 Å². The molecule has 0 bridgehead atoms. The molecule has 0 saturated carbocycles. The van der Waals surface area contributed by atoms with Gasteiger partial charge in [0.05, 0.1) is 20.3 Å². The molecule has 0 heterocycles. The molecule has 1 aromatic carbocycles. The molecule has 138 valence electrons. The van der Waals surface area contributed by atoms with Crippen molar-refractivity contribution in [2.45, 2.75) is 32.9 Å². The third-order valence-corrected chi connectivity index (χ3v) is 3.55. The Morgan fingerprint density at radius 2 is 1.56 bits per heavy atom. The lowest BCUT2D eigenvalue weighted by molar-refractivity contribution is -0.895. The number of hydrogen-bond acceptors (Lipinski definition) is 5. The van der Waals surface area contributed by atoms with Gasteiger partial charge in [0.15, 0.2) is 0 Å². The summed E-state index contributed by atoms with van der Waals surface area (Å²) in [5.41, 5.74) is -0.819. The maximum Gasteiger partial charge on any atom is 0.349 e. The van der Waals surface area contributed by atoms with E-state index >= 15 is 0 Å². The van der Waals surface area contributed by atoms with Crippen molar-refractivity contribution in [3.63, 3.8) is 0 Å². The number of ether oxygens (including phenoxy) is 2. The third kappa shape index (κ3) is 5.86. The number of amides is 1. The topological polar surface area (TPSA) is 86.1 Å². The molecule has 0 aromatic heterocycles. The van der Waals surface area contributed by atoms with Gasteiger partial charge in [-0.15, -0.1) is 0 Å². The molecule has 1 atom stereocenters. The molecule has 1 unspecified atom stereocenters. The van der Waals surface area contributed by atoms with Crippen LogP contribution in [0.2, 0.25) is 0 Å². The van der Waals surface area contributed by atoms with Crippen molar-refractivity contribution < 1.29 is 28.8 Å². The molecule has 0 aliphatic carbocycles. The molecular formula is C18H27N2O5+. The van der Waals surface area contributed by atoms with Crippen LogP contribution in [0.15, 0.2) is 30.3 Å². The zero-order valence-corrected chi connectivity index (χ0v) is 15.3. The van der Waals surface area contributed by atoms with Gasteiger partial charge in [-0.3, -0.25) is 4.79 Å². The van der Waals surface area contributed by atoms with Crippen LogP contribution in [0.3, 0.4) is 0 Å². The van der Waals surface area contributed by atoms with Crippen LogP contribution in [0.25, 0.3) is 0 Å². The number of esters is 2. The molecule has 0 aliphatic heterocycles. The number of benzene rings is 1. The average Bonchev–Trinajstić information content (AvgIpc) is 2.55. The highest BCUT2D eigenvalue weighted by atomic mass is 16.6. The van der Waals surface area contributed by atoms with Gasteiger partial charge in [-0.2, -0.15) is 0 Å². The van der Waals surface area contributed by atoms with E-state index < -0.39 is 23.4 Å². The third-order valence-electron chi connectivity index (χ3n) is 3.55. The van der Waals surface area contributed by atoms with Crippen molar-refractivity contribution in [1.29, 1.82) is 0 Å². The highest BCUT2D eigenvalue weighted by Gasteiger charge is 2.53. The highest BCUT2D eigenvalue weighted by molar-refractivity contribution is 6.07. The molecule has 1 rings (SSSR count). The van der Waals surface area contributed by atoms with E-state index in [0.717, 1.165) is 10.5 Å². The predicted octanol–water partition coefficient (Wildman–Crippen LogP) is -0.298. The second-order valence-corrected chi connectivity index (χ2v) is 5.82. The lowest BCUT2D eigenvalue weighted by atomic mass is 9.98. The van der Waals surface area contributed by atoms with Crippen molar-refractivity contribution in [1.82, 2.24) is 5.32 Å². The lowest BCUT2D eigenvalue weighted by Crippen LogP contribution is -3.11. The Morgan fingerprint density at radius 3 is 2.00 bits per heavy atom. The smallest absolute Gasteiger partial charge is 0.349 e. The minimum Gasteiger partial charge on any atom is -0.464 e. The molecule has 1 aromatic rings. The number of rotatable bonds is 9. The monoisotopic (exact) mass is 351 g/mol. The van der Waals surface area contributed by atoms with Gasteiger partial charge in [-0.05, 0) is 13.8 Å². The fraction of sp³-hybridized carbons (Fsp3) is 0.500. The van der Waals surface area contributed by atoms with Gasteiger partial charge in [0.25, 0.3) is 5.54 Å².